The highest BCUT2D eigenvalue weighted by Crippen LogP contribution is 2.31. The number of hydrogen-bond acceptors (Lipinski definition) is 5. The Labute approximate surface area is 175 Å². The average molecular weight is 408 g/mol. The molecule has 1 aliphatic heterocycles. The third-order valence-corrected chi connectivity index (χ3v) is 4.49. The molecule has 1 N–H and O–H groups in total. The van der Waals surface area contributed by atoms with Crippen LogP contribution in [0.4, 0.5) is 5.69 Å². The van der Waals surface area contributed by atoms with E-state index in [1.165, 1.54) is 17.1 Å². The minimum Gasteiger partial charge on any atom is -0.493 e. The van der Waals surface area contributed by atoms with Crippen molar-refractivity contribution in [3.63, 3.8) is 0 Å². The molecule has 1 heterocycles. The molecular formula is C23H24N2O5. The van der Waals surface area contributed by atoms with Crippen LogP contribution in [-0.2, 0) is 4.79 Å². The zero-order chi connectivity index (χ0) is 21.8. The van der Waals surface area contributed by atoms with Crippen LogP contribution in [0.15, 0.2) is 53.1 Å². The number of carboxylic acid groups (broad SMARTS) is 1. The molecule has 0 atom stereocenters. The van der Waals surface area contributed by atoms with Gasteiger partial charge in [-0.25, -0.2) is 4.79 Å². The van der Waals surface area contributed by atoms with E-state index in [2.05, 4.69) is 18.9 Å². The maximum Gasteiger partial charge on any atom is 0.335 e. The predicted molar refractivity (Wildman–Crippen MR) is 115 cm³/mol. The van der Waals surface area contributed by atoms with Gasteiger partial charge in [0.15, 0.2) is 11.5 Å². The lowest BCUT2D eigenvalue weighted by atomic mass is 10.1. The molecule has 156 valence electrons. The second-order valence-electron chi connectivity index (χ2n) is 7.33. The number of rotatable bonds is 7. The molecule has 0 saturated heterocycles. The van der Waals surface area contributed by atoms with Gasteiger partial charge in [-0.05, 0) is 60.9 Å². The number of carbonyl (C=O) groups excluding carboxylic acids is 1. The minimum absolute atomic E-state index is 0.147. The number of methoxy groups -OCH3 is 1. The Bertz CT molecular complexity index is 1020. The van der Waals surface area contributed by atoms with E-state index >= 15 is 0 Å². The number of aromatic carboxylic acids is 1. The van der Waals surface area contributed by atoms with Crippen LogP contribution in [0.5, 0.6) is 11.5 Å². The van der Waals surface area contributed by atoms with Gasteiger partial charge in [0, 0.05) is 0 Å². The van der Waals surface area contributed by atoms with Gasteiger partial charge in [0.05, 0.1) is 36.3 Å². The Morgan fingerprint density at radius 1 is 1.17 bits per heavy atom. The van der Waals surface area contributed by atoms with Crippen molar-refractivity contribution in [1.82, 2.24) is 0 Å². The first-order valence-corrected chi connectivity index (χ1v) is 9.56. The third-order valence-electron chi connectivity index (χ3n) is 4.49. The maximum absolute atomic E-state index is 12.9. The van der Waals surface area contributed by atoms with Crippen LogP contribution in [-0.4, -0.2) is 36.4 Å². The van der Waals surface area contributed by atoms with Crippen molar-refractivity contribution in [2.45, 2.75) is 20.8 Å². The molecule has 0 unspecified atom stereocenters. The molecule has 0 fully saturated rings. The lowest BCUT2D eigenvalue weighted by Crippen LogP contribution is -2.21. The Morgan fingerprint density at radius 3 is 2.47 bits per heavy atom. The second kappa shape index (κ2) is 8.82. The number of amides is 1. The van der Waals surface area contributed by atoms with Crippen molar-refractivity contribution < 1.29 is 24.2 Å². The number of carbonyl (C=O) groups is 2. The van der Waals surface area contributed by atoms with E-state index in [9.17, 15) is 9.59 Å². The molecular weight excluding hydrogens is 384 g/mol. The summed E-state index contributed by atoms with van der Waals surface area (Å²) in [4.78, 5) is 23.9. The molecule has 0 bridgehead atoms. The zero-order valence-corrected chi connectivity index (χ0v) is 17.4. The molecule has 30 heavy (non-hydrogen) atoms. The maximum atomic E-state index is 12.9. The van der Waals surface area contributed by atoms with Crippen LogP contribution in [0.25, 0.3) is 6.08 Å². The standard InChI is InChI=1S/C23H24N2O5/c1-14(2)13-30-20-10-5-16(12-21(20)29-4)11-19-15(3)24-25(22(19)26)18-8-6-17(7-9-18)23(27)28/h5-12,14H,13H2,1-4H3,(H,27,28)/b19-11+. The molecule has 3 rings (SSSR count). The van der Waals surface area contributed by atoms with Gasteiger partial charge in [0.25, 0.3) is 5.91 Å². The van der Waals surface area contributed by atoms with Crippen LogP contribution < -0.4 is 14.5 Å². The van der Waals surface area contributed by atoms with Gasteiger partial charge in [0.2, 0.25) is 0 Å². The molecule has 7 nitrogen and oxygen atoms in total. The summed E-state index contributed by atoms with van der Waals surface area (Å²) in [6, 6.07) is 11.5. The molecule has 2 aromatic rings. The molecule has 1 amide bonds. The fourth-order valence-electron chi connectivity index (χ4n) is 2.92. The van der Waals surface area contributed by atoms with Crippen molar-refractivity contribution in [2.24, 2.45) is 11.0 Å². The number of benzene rings is 2. The van der Waals surface area contributed by atoms with E-state index in [-0.39, 0.29) is 11.5 Å². The van der Waals surface area contributed by atoms with E-state index in [1.807, 2.05) is 18.2 Å². The monoisotopic (exact) mass is 408 g/mol. The highest BCUT2D eigenvalue weighted by Gasteiger charge is 2.28. The summed E-state index contributed by atoms with van der Waals surface area (Å²) >= 11 is 0. The van der Waals surface area contributed by atoms with Crippen LogP contribution in [0.1, 0.15) is 36.7 Å². The Hall–Kier alpha value is -3.61. The van der Waals surface area contributed by atoms with Gasteiger partial charge < -0.3 is 14.6 Å². The number of hydrogen-bond donors (Lipinski definition) is 1. The SMILES string of the molecule is COc1cc(/C=C2/C(=O)N(c3ccc(C(=O)O)cc3)N=C2C)ccc1OCC(C)C. The number of nitrogens with zero attached hydrogens (tertiary/aromatic N) is 2. The summed E-state index contributed by atoms with van der Waals surface area (Å²) in [7, 11) is 1.57. The van der Waals surface area contributed by atoms with Gasteiger partial charge in [0.1, 0.15) is 0 Å². The lowest BCUT2D eigenvalue weighted by molar-refractivity contribution is -0.114. The Kier molecular flexibility index (Phi) is 6.20. The van der Waals surface area contributed by atoms with Gasteiger partial charge in [-0.15, -0.1) is 0 Å². The molecule has 2 aromatic carbocycles. The Balaban J connectivity index is 1.85. The summed E-state index contributed by atoms with van der Waals surface area (Å²) in [5.74, 6) is 0.323. The summed E-state index contributed by atoms with van der Waals surface area (Å²) < 4.78 is 11.2. The number of anilines is 1. The first-order valence-electron chi connectivity index (χ1n) is 9.56. The van der Waals surface area contributed by atoms with E-state index in [0.29, 0.717) is 41.0 Å². The van der Waals surface area contributed by atoms with Crippen LogP contribution >= 0.6 is 0 Å². The van der Waals surface area contributed by atoms with Crippen molar-refractivity contribution in [1.29, 1.82) is 0 Å². The highest BCUT2D eigenvalue weighted by molar-refractivity contribution is 6.32. The summed E-state index contributed by atoms with van der Waals surface area (Å²) in [6.45, 7) is 6.48. The molecule has 0 aromatic heterocycles. The molecule has 0 radical (unpaired) electrons. The summed E-state index contributed by atoms with van der Waals surface area (Å²) in [5.41, 5.74) is 2.46. The quantitative estimate of drug-likeness (QED) is 0.693. The minimum atomic E-state index is -1.02. The van der Waals surface area contributed by atoms with E-state index in [4.69, 9.17) is 14.6 Å². The number of hydrazone groups is 1. The normalized spacial score (nSPS) is 15.0. The third kappa shape index (κ3) is 4.51. The fourth-order valence-corrected chi connectivity index (χ4v) is 2.92. The molecule has 0 saturated carbocycles. The summed E-state index contributed by atoms with van der Waals surface area (Å²) in [5, 5.41) is 14.6. The van der Waals surface area contributed by atoms with Crippen molar-refractivity contribution >= 4 is 29.4 Å². The lowest BCUT2D eigenvalue weighted by Gasteiger charge is -2.13. The van der Waals surface area contributed by atoms with Gasteiger partial charge in [-0.2, -0.15) is 10.1 Å². The van der Waals surface area contributed by atoms with Crippen molar-refractivity contribution in [2.75, 3.05) is 18.7 Å². The van der Waals surface area contributed by atoms with Gasteiger partial charge in [-0.3, -0.25) is 4.79 Å². The second-order valence-corrected chi connectivity index (χ2v) is 7.33. The first-order chi connectivity index (χ1) is 14.3. The van der Waals surface area contributed by atoms with Crippen LogP contribution in [0.2, 0.25) is 0 Å². The molecule has 7 heteroatoms. The van der Waals surface area contributed by atoms with E-state index in [1.54, 1.807) is 32.2 Å². The molecule has 1 aliphatic rings. The predicted octanol–water partition coefficient (Wildman–Crippen LogP) is 4.23. The van der Waals surface area contributed by atoms with E-state index < -0.39 is 5.97 Å². The largest absolute Gasteiger partial charge is 0.493 e. The number of carboxylic acids is 1. The topological polar surface area (TPSA) is 88.4 Å². The van der Waals surface area contributed by atoms with Gasteiger partial charge in [-0.1, -0.05) is 19.9 Å². The fraction of sp³-hybridized carbons (Fsp3) is 0.261. The van der Waals surface area contributed by atoms with Gasteiger partial charge >= 0.3 is 5.97 Å². The first kappa shape index (κ1) is 21.1. The highest BCUT2D eigenvalue weighted by atomic mass is 16.5. The Morgan fingerprint density at radius 2 is 1.87 bits per heavy atom. The van der Waals surface area contributed by atoms with Crippen molar-refractivity contribution in [3.8, 4) is 11.5 Å². The average Bonchev–Trinajstić information content (AvgIpc) is 3.00. The zero-order valence-electron chi connectivity index (χ0n) is 17.4. The summed E-state index contributed by atoms with van der Waals surface area (Å²) in [6.07, 6.45) is 1.75. The molecule has 0 spiro atoms. The molecule has 0 aliphatic carbocycles. The van der Waals surface area contributed by atoms with E-state index in [0.717, 1.165) is 5.56 Å². The smallest absolute Gasteiger partial charge is 0.335 e. The van der Waals surface area contributed by atoms with Crippen LogP contribution in [0.3, 0.4) is 0 Å². The van der Waals surface area contributed by atoms with Crippen molar-refractivity contribution in [3.05, 3.63) is 59.2 Å². The van der Waals surface area contributed by atoms with Crippen LogP contribution in [0, 0.1) is 5.92 Å². The number of ether oxygens (including phenoxy) is 2.